The summed E-state index contributed by atoms with van der Waals surface area (Å²) in [5, 5.41) is 8.58. The molecular weight excluding hydrogens is 248 g/mol. The van der Waals surface area contributed by atoms with E-state index < -0.39 is 0 Å². The first-order chi connectivity index (χ1) is 9.81. The Morgan fingerprint density at radius 1 is 1.15 bits per heavy atom. The zero-order valence-corrected chi connectivity index (χ0v) is 11.9. The number of likely N-dealkylation sites (tertiary alicyclic amines) is 1. The molecule has 0 bridgehead atoms. The van der Waals surface area contributed by atoms with Crippen molar-refractivity contribution in [2.45, 2.75) is 32.4 Å². The second-order valence-corrected chi connectivity index (χ2v) is 6.08. The molecule has 0 unspecified atom stereocenters. The number of hydrogen-bond donors (Lipinski definition) is 0. The van der Waals surface area contributed by atoms with Gasteiger partial charge in [-0.3, -0.25) is 4.90 Å². The van der Waals surface area contributed by atoms with Crippen LogP contribution in [0.15, 0.2) is 30.3 Å². The largest absolute Gasteiger partial charge is 0.310 e. The van der Waals surface area contributed by atoms with E-state index in [4.69, 9.17) is 0 Å². The van der Waals surface area contributed by atoms with E-state index in [1.807, 2.05) is 0 Å². The van der Waals surface area contributed by atoms with E-state index in [0.29, 0.717) is 6.04 Å². The predicted octanol–water partition coefficient (Wildman–Crippen LogP) is 2.21. The van der Waals surface area contributed by atoms with Gasteiger partial charge in [-0.05, 0) is 24.8 Å². The van der Waals surface area contributed by atoms with Gasteiger partial charge in [-0.2, -0.15) is 0 Å². The van der Waals surface area contributed by atoms with E-state index in [1.165, 1.54) is 24.4 Å². The summed E-state index contributed by atoms with van der Waals surface area (Å²) in [7, 11) is 0. The maximum atomic E-state index is 4.32. The Bertz CT molecular complexity index is 604. The smallest absolute Gasteiger partial charge is 0.133 e. The fourth-order valence-corrected chi connectivity index (χ4v) is 3.82. The van der Waals surface area contributed by atoms with Crippen LogP contribution in [0.1, 0.15) is 29.7 Å². The van der Waals surface area contributed by atoms with E-state index in [0.717, 1.165) is 31.3 Å². The number of benzene rings is 1. The molecule has 2 atom stereocenters. The molecule has 2 aliphatic heterocycles. The van der Waals surface area contributed by atoms with Crippen LogP contribution in [-0.2, 0) is 13.0 Å². The average Bonchev–Trinajstić information content (AvgIpc) is 3.03. The minimum Gasteiger partial charge on any atom is -0.310 e. The zero-order chi connectivity index (χ0) is 13.5. The van der Waals surface area contributed by atoms with E-state index in [2.05, 4.69) is 56.9 Å². The topological polar surface area (TPSA) is 34.0 Å². The lowest BCUT2D eigenvalue weighted by Gasteiger charge is -2.27. The molecule has 4 heteroatoms. The molecule has 4 rings (SSSR count). The standard InChI is InChI=1S/C16H20N4/c1-12-17-18-16-8-7-14-10-19(11-15(14)20(12)16)9-13-5-3-2-4-6-13/h2-6,14-15H,7-11H2,1H3/t14-,15+/m1/s1. The quantitative estimate of drug-likeness (QED) is 0.837. The number of aromatic nitrogens is 3. The first-order valence-corrected chi connectivity index (χ1v) is 7.48. The van der Waals surface area contributed by atoms with Crippen molar-refractivity contribution < 1.29 is 0 Å². The third-order valence-corrected chi connectivity index (χ3v) is 4.74. The molecule has 0 amide bonds. The number of nitrogens with zero attached hydrogens (tertiary/aromatic N) is 4. The van der Waals surface area contributed by atoms with Crippen LogP contribution in [-0.4, -0.2) is 32.8 Å². The van der Waals surface area contributed by atoms with Crippen molar-refractivity contribution in [1.29, 1.82) is 0 Å². The van der Waals surface area contributed by atoms with Crippen LogP contribution in [0.3, 0.4) is 0 Å². The second-order valence-electron chi connectivity index (χ2n) is 6.08. The second kappa shape index (κ2) is 4.70. The minimum absolute atomic E-state index is 0.581. The summed E-state index contributed by atoms with van der Waals surface area (Å²) >= 11 is 0. The van der Waals surface area contributed by atoms with Gasteiger partial charge in [-0.15, -0.1) is 10.2 Å². The van der Waals surface area contributed by atoms with Crippen molar-refractivity contribution in [3.8, 4) is 0 Å². The highest BCUT2D eigenvalue weighted by Gasteiger charge is 2.38. The van der Waals surface area contributed by atoms with Crippen LogP contribution in [0, 0.1) is 12.8 Å². The molecule has 20 heavy (non-hydrogen) atoms. The molecule has 0 radical (unpaired) electrons. The molecule has 0 aliphatic carbocycles. The van der Waals surface area contributed by atoms with Crippen LogP contribution < -0.4 is 0 Å². The van der Waals surface area contributed by atoms with Crippen molar-refractivity contribution in [2.24, 2.45) is 5.92 Å². The van der Waals surface area contributed by atoms with E-state index in [1.54, 1.807) is 0 Å². The summed E-state index contributed by atoms with van der Waals surface area (Å²) in [6.45, 7) is 5.48. The fraction of sp³-hybridized carbons (Fsp3) is 0.500. The lowest BCUT2D eigenvalue weighted by atomic mass is 9.94. The number of hydrogen-bond acceptors (Lipinski definition) is 3. The molecule has 1 fully saturated rings. The summed E-state index contributed by atoms with van der Waals surface area (Å²) in [6.07, 6.45) is 2.34. The van der Waals surface area contributed by atoms with Gasteiger partial charge in [0.25, 0.3) is 0 Å². The van der Waals surface area contributed by atoms with Crippen molar-refractivity contribution in [2.75, 3.05) is 13.1 Å². The summed E-state index contributed by atoms with van der Waals surface area (Å²) in [4.78, 5) is 2.58. The first kappa shape index (κ1) is 12.1. The number of rotatable bonds is 2. The van der Waals surface area contributed by atoms with Gasteiger partial charge in [0.05, 0.1) is 6.04 Å². The Hall–Kier alpha value is -1.68. The van der Waals surface area contributed by atoms with Crippen molar-refractivity contribution in [3.05, 3.63) is 47.5 Å². The highest BCUT2D eigenvalue weighted by atomic mass is 15.3. The van der Waals surface area contributed by atoms with Crippen LogP contribution in [0.4, 0.5) is 0 Å². The van der Waals surface area contributed by atoms with Gasteiger partial charge in [0, 0.05) is 26.1 Å². The van der Waals surface area contributed by atoms with Crippen LogP contribution >= 0.6 is 0 Å². The van der Waals surface area contributed by atoms with Crippen molar-refractivity contribution in [3.63, 3.8) is 0 Å². The van der Waals surface area contributed by atoms with Crippen molar-refractivity contribution >= 4 is 0 Å². The first-order valence-electron chi connectivity index (χ1n) is 7.48. The molecule has 2 aliphatic rings. The normalized spacial score (nSPS) is 25.4. The monoisotopic (exact) mass is 268 g/mol. The predicted molar refractivity (Wildman–Crippen MR) is 77.3 cm³/mol. The number of fused-ring (bicyclic) bond motifs is 3. The van der Waals surface area contributed by atoms with Gasteiger partial charge in [0.1, 0.15) is 11.6 Å². The SMILES string of the molecule is Cc1nnc2n1[C@H]1CN(Cc3ccccc3)C[C@H]1CC2. The zero-order valence-electron chi connectivity index (χ0n) is 11.9. The van der Waals surface area contributed by atoms with Gasteiger partial charge >= 0.3 is 0 Å². The van der Waals surface area contributed by atoms with E-state index in [9.17, 15) is 0 Å². The third kappa shape index (κ3) is 1.95. The molecule has 0 saturated carbocycles. The van der Waals surface area contributed by atoms with E-state index in [-0.39, 0.29) is 0 Å². The van der Waals surface area contributed by atoms with Gasteiger partial charge in [0.2, 0.25) is 0 Å². The lowest BCUT2D eigenvalue weighted by molar-refractivity contribution is 0.313. The molecule has 0 N–H and O–H groups in total. The molecular formula is C16H20N4. The molecule has 1 aromatic carbocycles. The summed E-state index contributed by atoms with van der Waals surface area (Å²) < 4.78 is 2.39. The molecule has 1 aromatic heterocycles. The Labute approximate surface area is 119 Å². The lowest BCUT2D eigenvalue weighted by Crippen LogP contribution is -2.26. The maximum absolute atomic E-state index is 4.32. The molecule has 2 aromatic rings. The average molecular weight is 268 g/mol. The van der Waals surface area contributed by atoms with Crippen LogP contribution in [0.2, 0.25) is 0 Å². The van der Waals surface area contributed by atoms with Crippen LogP contribution in [0.25, 0.3) is 0 Å². The summed E-state index contributed by atoms with van der Waals surface area (Å²) in [6, 6.07) is 11.4. The van der Waals surface area contributed by atoms with Gasteiger partial charge < -0.3 is 4.57 Å². The minimum atomic E-state index is 0.581. The highest BCUT2D eigenvalue weighted by Crippen LogP contribution is 2.37. The Balaban J connectivity index is 1.54. The molecule has 1 saturated heterocycles. The molecule has 4 nitrogen and oxygen atoms in total. The fourth-order valence-electron chi connectivity index (χ4n) is 3.82. The molecule has 0 spiro atoms. The Kier molecular flexibility index (Phi) is 2.84. The van der Waals surface area contributed by atoms with Crippen molar-refractivity contribution in [1.82, 2.24) is 19.7 Å². The Morgan fingerprint density at radius 3 is 2.85 bits per heavy atom. The molecule has 104 valence electrons. The maximum Gasteiger partial charge on any atom is 0.133 e. The highest BCUT2D eigenvalue weighted by molar-refractivity contribution is 5.15. The van der Waals surface area contributed by atoms with Gasteiger partial charge in [-0.25, -0.2) is 0 Å². The van der Waals surface area contributed by atoms with Gasteiger partial charge in [0.15, 0.2) is 0 Å². The summed E-state index contributed by atoms with van der Waals surface area (Å²) in [5.74, 6) is 3.03. The van der Waals surface area contributed by atoms with Crippen LogP contribution in [0.5, 0.6) is 0 Å². The Morgan fingerprint density at radius 2 is 2.00 bits per heavy atom. The number of aryl methyl sites for hydroxylation is 2. The van der Waals surface area contributed by atoms with E-state index >= 15 is 0 Å². The van der Waals surface area contributed by atoms with Gasteiger partial charge in [-0.1, -0.05) is 30.3 Å². The molecule has 3 heterocycles. The third-order valence-electron chi connectivity index (χ3n) is 4.74. The summed E-state index contributed by atoms with van der Waals surface area (Å²) in [5.41, 5.74) is 1.41.